The maximum atomic E-state index is 13.1. The molecule has 4 aromatic rings. The number of benzene rings is 2. The molecule has 4 heteroatoms. The van der Waals surface area contributed by atoms with Crippen LogP contribution in [0.4, 0.5) is 0 Å². The third-order valence-electron chi connectivity index (χ3n) is 6.09. The third-order valence-corrected chi connectivity index (χ3v) is 6.09. The van der Waals surface area contributed by atoms with Crippen molar-refractivity contribution in [1.29, 1.82) is 0 Å². The molecule has 5 rings (SSSR count). The molecule has 0 spiro atoms. The van der Waals surface area contributed by atoms with Crippen molar-refractivity contribution in [3.05, 3.63) is 77.6 Å². The number of pyridine rings is 1. The number of aryl methyl sites for hydroxylation is 1. The summed E-state index contributed by atoms with van der Waals surface area (Å²) in [6.07, 6.45) is 3.20. The molecule has 0 aliphatic carbocycles. The van der Waals surface area contributed by atoms with Crippen LogP contribution in [0.2, 0.25) is 0 Å². The Morgan fingerprint density at radius 2 is 1.76 bits per heavy atom. The van der Waals surface area contributed by atoms with Crippen molar-refractivity contribution < 1.29 is 4.79 Å². The Hall–Kier alpha value is -3.14. The molecule has 1 aliphatic rings. The summed E-state index contributed by atoms with van der Waals surface area (Å²) in [5.41, 5.74) is 4.92. The number of fused-ring (bicyclic) bond motifs is 3. The van der Waals surface area contributed by atoms with Gasteiger partial charge in [-0.3, -0.25) is 4.79 Å². The summed E-state index contributed by atoms with van der Waals surface area (Å²) in [7, 11) is 0. The number of carbonyl (C=O) groups is 1. The van der Waals surface area contributed by atoms with Gasteiger partial charge in [0.15, 0.2) is 0 Å². The molecule has 0 bridgehead atoms. The molecular weight excluding hydrogens is 358 g/mol. The van der Waals surface area contributed by atoms with Crippen molar-refractivity contribution in [2.75, 3.05) is 13.1 Å². The molecule has 29 heavy (non-hydrogen) atoms. The molecule has 0 radical (unpaired) electrons. The Bertz CT molecular complexity index is 1170. The summed E-state index contributed by atoms with van der Waals surface area (Å²) in [6.45, 7) is 3.66. The second-order valence-corrected chi connectivity index (χ2v) is 8.18. The van der Waals surface area contributed by atoms with Crippen LogP contribution >= 0.6 is 0 Å². The van der Waals surface area contributed by atoms with Crippen LogP contribution in [0.15, 0.2) is 60.7 Å². The first-order chi connectivity index (χ1) is 14.2. The second kappa shape index (κ2) is 7.36. The van der Waals surface area contributed by atoms with Gasteiger partial charge in [-0.1, -0.05) is 48.5 Å². The minimum Gasteiger partial charge on any atom is -0.357 e. The number of rotatable bonds is 3. The zero-order valence-electron chi connectivity index (χ0n) is 16.7. The van der Waals surface area contributed by atoms with Crippen molar-refractivity contribution >= 4 is 27.7 Å². The van der Waals surface area contributed by atoms with Crippen molar-refractivity contribution in [3.63, 3.8) is 0 Å². The fourth-order valence-electron chi connectivity index (χ4n) is 4.44. The van der Waals surface area contributed by atoms with E-state index in [1.165, 1.54) is 5.56 Å². The number of hydrogen-bond acceptors (Lipinski definition) is 2. The highest BCUT2D eigenvalue weighted by Gasteiger charge is 2.25. The lowest BCUT2D eigenvalue weighted by atomic mass is 9.90. The molecule has 1 fully saturated rings. The van der Waals surface area contributed by atoms with E-state index in [1.807, 2.05) is 17.9 Å². The summed E-state index contributed by atoms with van der Waals surface area (Å²) in [6, 6.07) is 20.9. The topological polar surface area (TPSA) is 49.0 Å². The zero-order chi connectivity index (χ0) is 19.8. The van der Waals surface area contributed by atoms with Gasteiger partial charge in [0.05, 0.1) is 11.0 Å². The molecule has 0 saturated carbocycles. The number of carbonyl (C=O) groups excluding carboxylic acids is 1. The Kier molecular flexibility index (Phi) is 4.55. The predicted octanol–water partition coefficient (Wildman–Crippen LogP) is 5.12. The van der Waals surface area contributed by atoms with E-state index in [2.05, 4.69) is 59.6 Å². The van der Waals surface area contributed by atoms with Gasteiger partial charge in [-0.05, 0) is 49.8 Å². The van der Waals surface area contributed by atoms with Gasteiger partial charge in [-0.15, -0.1) is 0 Å². The van der Waals surface area contributed by atoms with Crippen LogP contribution < -0.4 is 0 Å². The van der Waals surface area contributed by atoms with E-state index >= 15 is 0 Å². The normalized spacial score (nSPS) is 15.3. The fourth-order valence-corrected chi connectivity index (χ4v) is 4.44. The number of hydrogen-bond donors (Lipinski definition) is 1. The molecule has 4 nitrogen and oxygen atoms in total. The lowest BCUT2D eigenvalue weighted by Crippen LogP contribution is -2.39. The first-order valence-electron chi connectivity index (χ1n) is 10.4. The van der Waals surface area contributed by atoms with Gasteiger partial charge < -0.3 is 9.88 Å². The van der Waals surface area contributed by atoms with Gasteiger partial charge in [0.2, 0.25) is 0 Å². The van der Waals surface area contributed by atoms with Crippen molar-refractivity contribution in [3.8, 4) is 0 Å². The Labute approximate surface area is 170 Å². The zero-order valence-corrected chi connectivity index (χ0v) is 16.7. The van der Waals surface area contributed by atoms with Crippen LogP contribution in [0.1, 0.15) is 34.6 Å². The van der Waals surface area contributed by atoms with Gasteiger partial charge in [-0.25, -0.2) is 4.98 Å². The van der Waals surface area contributed by atoms with Crippen LogP contribution in [0.5, 0.6) is 0 Å². The summed E-state index contributed by atoms with van der Waals surface area (Å²) < 4.78 is 0. The molecule has 2 aromatic carbocycles. The first kappa shape index (κ1) is 17.9. The van der Waals surface area contributed by atoms with Gasteiger partial charge in [0.1, 0.15) is 5.69 Å². The van der Waals surface area contributed by atoms with E-state index in [0.717, 1.165) is 59.9 Å². The average Bonchev–Trinajstić information content (AvgIpc) is 3.19. The molecule has 1 aliphatic heterocycles. The fraction of sp³-hybridized carbons (Fsp3) is 0.280. The van der Waals surface area contributed by atoms with Crippen molar-refractivity contribution in [2.45, 2.75) is 26.2 Å². The summed E-state index contributed by atoms with van der Waals surface area (Å²) in [5, 5.41) is 2.13. The maximum Gasteiger partial charge on any atom is 0.272 e. The van der Waals surface area contributed by atoms with Crippen LogP contribution in [0.25, 0.3) is 21.8 Å². The highest BCUT2D eigenvalue weighted by Crippen LogP contribution is 2.27. The van der Waals surface area contributed by atoms with Crippen molar-refractivity contribution in [1.82, 2.24) is 14.9 Å². The molecule has 0 atom stereocenters. The van der Waals surface area contributed by atoms with E-state index in [9.17, 15) is 4.79 Å². The minimum absolute atomic E-state index is 0.0557. The summed E-state index contributed by atoms with van der Waals surface area (Å²) in [5.74, 6) is 0.704. The Morgan fingerprint density at radius 3 is 2.55 bits per heavy atom. The molecule has 0 unspecified atom stereocenters. The quantitative estimate of drug-likeness (QED) is 0.534. The molecular formula is C25H25N3O. The number of H-pyrrole nitrogens is 1. The monoisotopic (exact) mass is 383 g/mol. The number of aromatic nitrogens is 2. The lowest BCUT2D eigenvalue weighted by Gasteiger charge is -2.31. The standard InChI is InChI=1S/C25H25N3O/c1-17-7-8-20-9-10-21-16-22(27-24(21)23(20)26-17)25(29)28-13-11-19(12-14-28)15-18-5-3-2-4-6-18/h2-10,16,19,26H,11-15H2,1H3. The van der Waals surface area contributed by atoms with Crippen LogP contribution in [-0.2, 0) is 6.42 Å². The Balaban J connectivity index is 1.33. The largest absolute Gasteiger partial charge is 0.357 e. The van der Waals surface area contributed by atoms with Crippen molar-refractivity contribution in [2.24, 2.45) is 5.92 Å². The number of likely N-dealkylation sites (tertiary alicyclic amines) is 1. The van der Waals surface area contributed by atoms with Crippen LogP contribution in [-0.4, -0.2) is 33.9 Å². The Morgan fingerprint density at radius 1 is 1.03 bits per heavy atom. The summed E-state index contributed by atoms with van der Waals surface area (Å²) >= 11 is 0. The summed E-state index contributed by atoms with van der Waals surface area (Å²) in [4.78, 5) is 23.2. The first-order valence-corrected chi connectivity index (χ1v) is 10.4. The number of aromatic amines is 1. The smallest absolute Gasteiger partial charge is 0.272 e. The number of nitrogens with one attached hydrogen (secondary N) is 1. The van der Waals surface area contributed by atoms with Gasteiger partial charge >= 0.3 is 0 Å². The predicted molar refractivity (Wildman–Crippen MR) is 117 cm³/mol. The molecule has 146 valence electrons. The van der Waals surface area contributed by atoms with Crippen LogP contribution in [0, 0.1) is 12.8 Å². The minimum atomic E-state index is 0.0557. The number of amides is 1. The molecule has 1 saturated heterocycles. The van der Waals surface area contributed by atoms with E-state index < -0.39 is 0 Å². The van der Waals surface area contributed by atoms with Gasteiger partial charge in [0.25, 0.3) is 5.91 Å². The molecule has 3 heterocycles. The van der Waals surface area contributed by atoms with Gasteiger partial charge in [-0.2, -0.15) is 0 Å². The number of piperidine rings is 1. The molecule has 2 aromatic heterocycles. The molecule has 1 amide bonds. The van der Waals surface area contributed by atoms with E-state index in [0.29, 0.717) is 11.6 Å². The SMILES string of the molecule is Cc1ccc2ccc3cc(C(=O)N4CCC(Cc5ccccc5)CC4)nc3c2[nH]1. The maximum absolute atomic E-state index is 13.1. The van der Waals surface area contributed by atoms with E-state index in [-0.39, 0.29) is 5.91 Å². The number of nitrogens with zero attached hydrogens (tertiary/aromatic N) is 2. The lowest BCUT2D eigenvalue weighted by molar-refractivity contribution is 0.0685. The highest BCUT2D eigenvalue weighted by atomic mass is 16.2. The highest BCUT2D eigenvalue weighted by molar-refractivity contribution is 6.07. The van der Waals surface area contributed by atoms with E-state index in [1.54, 1.807) is 0 Å². The molecule has 1 N–H and O–H groups in total. The van der Waals surface area contributed by atoms with E-state index in [4.69, 9.17) is 4.98 Å². The average molecular weight is 383 g/mol. The second-order valence-electron chi connectivity index (χ2n) is 8.18. The van der Waals surface area contributed by atoms with Gasteiger partial charge in [0, 0.05) is 29.6 Å². The third kappa shape index (κ3) is 3.51. The van der Waals surface area contributed by atoms with Crippen LogP contribution in [0.3, 0.4) is 0 Å².